The first-order valence-electron chi connectivity index (χ1n) is 10.2. The fourth-order valence-corrected chi connectivity index (χ4v) is 3.34. The van der Waals surface area contributed by atoms with Crippen LogP contribution in [0, 0.1) is 0 Å². The minimum atomic E-state index is -1.29. The Bertz CT molecular complexity index is 586. The molecular formula is C21H32O7S. The molecular weight excluding hydrogens is 396 g/mol. The maximum atomic E-state index is 10.6. The second kappa shape index (κ2) is 13.1. The number of ether oxygens (including phenoxy) is 4. The van der Waals surface area contributed by atoms with Crippen molar-refractivity contribution in [3.63, 3.8) is 0 Å². The molecule has 5 atom stereocenters. The zero-order chi connectivity index (χ0) is 21.1. The Morgan fingerprint density at radius 1 is 1.03 bits per heavy atom. The number of hydrogen-bond acceptors (Lipinski definition) is 8. The molecule has 1 aromatic rings. The molecule has 1 aliphatic rings. The first kappa shape index (κ1) is 24.0. The number of benzene rings is 1. The van der Waals surface area contributed by atoms with Crippen LogP contribution in [0.25, 0.3) is 0 Å². The standard InChI is InChI=1S/C21H32O7S/c1-2-3-4-5-6-10-13-25-20-18(24)19(17(23)16(14-22)27-20)28-21(29)26-15-11-8-7-9-12-15/h7-9,11-12,16-20,22-24H,2-6,10,13-14H2,1H3/t16-,17-,18+,19+,20+/m1/s1. The van der Waals surface area contributed by atoms with E-state index in [0.29, 0.717) is 12.4 Å². The van der Waals surface area contributed by atoms with Crippen molar-refractivity contribution in [1.29, 1.82) is 0 Å². The van der Waals surface area contributed by atoms with Crippen LogP contribution in [0.15, 0.2) is 30.3 Å². The molecule has 1 saturated heterocycles. The molecule has 29 heavy (non-hydrogen) atoms. The Labute approximate surface area is 177 Å². The van der Waals surface area contributed by atoms with Crippen molar-refractivity contribution in [2.75, 3.05) is 13.2 Å². The van der Waals surface area contributed by atoms with Crippen LogP contribution in [0.2, 0.25) is 0 Å². The molecule has 3 N–H and O–H groups in total. The summed E-state index contributed by atoms with van der Waals surface area (Å²) in [6.07, 6.45) is 0.915. The summed E-state index contributed by atoms with van der Waals surface area (Å²) in [7, 11) is 0. The summed E-state index contributed by atoms with van der Waals surface area (Å²) >= 11 is 5.08. The van der Waals surface area contributed by atoms with Crippen LogP contribution in [0.3, 0.4) is 0 Å². The predicted octanol–water partition coefficient (Wildman–Crippen LogP) is 2.55. The summed E-state index contributed by atoms with van der Waals surface area (Å²) < 4.78 is 22.1. The Morgan fingerprint density at radius 3 is 2.41 bits per heavy atom. The summed E-state index contributed by atoms with van der Waals surface area (Å²) in [5.74, 6) is 0.475. The van der Waals surface area contributed by atoms with Gasteiger partial charge in [-0.3, -0.25) is 0 Å². The summed E-state index contributed by atoms with van der Waals surface area (Å²) in [6, 6.07) is 8.80. The van der Waals surface area contributed by atoms with Gasteiger partial charge in [-0.25, -0.2) is 0 Å². The summed E-state index contributed by atoms with van der Waals surface area (Å²) in [4.78, 5) is 0. The van der Waals surface area contributed by atoms with Crippen LogP contribution in [0.4, 0.5) is 0 Å². The van der Waals surface area contributed by atoms with Crippen LogP contribution < -0.4 is 4.74 Å². The molecule has 0 unspecified atom stereocenters. The molecule has 1 aliphatic heterocycles. The number of thiocarbonyl (C=S) groups is 1. The highest BCUT2D eigenvalue weighted by Gasteiger charge is 2.47. The lowest BCUT2D eigenvalue weighted by atomic mass is 9.99. The molecule has 0 aromatic heterocycles. The average Bonchev–Trinajstić information content (AvgIpc) is 2.72. The Balaban J connectivity index is 1.86. The first-order chi connectivity index (χ1) is 14.1. The van der Waals surface area contributed by atoms with Crippen LogP contribution >= 0.6 is 12.2 Å². The minimum Gasteiger partial charge on any atom is -0.447 e. The molecule has 2 rings (SSSR count). The predicted molar refractivity (Wildman–Crippen MR) is 112 cm³/mol. The number of aliphatic hydroxyl groups is 3. The van der Waals surface area contributed by atoms with E-state index in [0.717, 1.165) is 19.3 Å². The van der Waals surface area contributed by atoms with Gasteiger partial charge in [-0.05, 0) is 18.6 Å². The average molecular weight is 429 g/mol. The fraction of sp³-hybridized carbons (Fsp3) is 0.667. The second-order valence-corrected chi connectivity index (χ2v) is 7.43. The van der Waals surface area contributed by atoms with Crippen molar-refractivity contribution < 1.29 is 34.3 Å². The summed E-state index contributed by atoms with van der Waals surface area (Å²) in [5.41, 5.74) is 0. The topological polar surface area (TPSA) is 97.6 Å². The highest BCUT2D eigenvalue weighted by molar-refractivity contribution is 7.79. The van der Waals surface area contributed by atoms with Gasteiger partial charge in [0.05, 0.1) is 6.61 Å². The highest BCUT2D eigenvalue weighted by atomic mass is 32.1. The van der Waals surface area contributed by atoms with Crippen molar-refractivity contribution in [3.05, 3.63) is 30.3 Å². The molecule has 0 aliphatic carbocycles. The van der Waals surface area contributed by atoms with E-state index in [2.05, 4.69) is 6.92 Å². The molecule has 0 saturated carbocycles. The van der Waals surface area contributed by atoms with E-state index in [9.17, 15) is 15.3 Å². The van der Waals surface area contributed by atoms with Crippen molar-refractivity contribution in [3.8, 4) is 5.75 Å². The molecule has 1 fully saturated rings. The molecule has 164 valence electrons. The maximum absolute atomic E-state index is 10.6. The normalized spacial score (nSPS) is 26.8. The number of rotatable bonds is 11. The number of unbranched alkanes of at least 4 members (excludes halogenated alkanes) is 5. The zero-order valence-corrected chi connectivity index (χ0v) is 17.6. The number of hydrogen-bond donors (Lipinski definition) is 3. The van der Waals surface area contributed by atoms with Gasteiger partial charge in [0.2, 0.25) is 0 Å². The van der Waals surface area contributed by atoms with Gasteiger partial charge in [0.15, 0.2) is 12.4 Å². The fourth-order valence-electron chi connectivity index (χ4n) is 3.13. The van der Waals surface area contributed by atoms with Crippen molar-refractivity contribution in [1.82, 2.24) is 0 Å². The molecule has 1 heterocycles. The smallest absolute Gasteiger partial charge is 0.358 e. The van der Waals surface area contributed by atoms with Gasteiger partial charge in [-0.1, -0.05) is 57.2 Å². The maximum Gasteiger partial charge on any atom is 0.358 e. The van der Waals surface area contributed by atoms with E-state index in [1.807, 2.05) is 6.07 Å². The first-order valence-corrected chi connectivity index (χ1v) is 10.6. The Morgan fingerprint density at radius 2 is 1.72 bits per heavy atom. The second-order valence-electron chi connectivity index (χ2n) is 7.09. The van der Waals surface area contributed by atoms with Crippen LogP contribution in [-0.4, -0.2) is 64.5 Å². The lowest BCUT2D eigenvalue weighted by Gasteiger charge is -2.41. The molecule has 7 nitrogen and oxygen atoms in total. The van der Waals surface area contributed by atoms with Crippen molar-refractivity contribution in [2.24, 2.45) is 0 Å². The molecule has 1 aromatic carbocycles. The third kappa shape index (κ3) is 7.81. The van der Waals surface area contributed by atoms with Gasteiger partial charge >= 0.3 is 5.24 Å². The van der Waals surface area contributed by atoms with Gasteiger partial charge < -0.3 is 34.3 Å². The molecule has 0 radical (unpaired) electrons. The van der Waals surface area contributed by atoms with E-state index in [4.69, 9.17) is 31.2 Å². The van der Waals surface area contributed by atoms with Crippen LogP contribution in [0.5, 0.6) is 5.75 Å². The Kier molecular flexibility index (Phi) is 10.8. The van der Waals surface area contributed by atoms with Gasteiger partial charge in [-0.15, -0.1) is 0 Å². The van der Waals surface area contributed by atoms with Crippen molar-refractivity contribution in [2.45, 2.75) is 76.2 Å². The monoisotopic (exact) mass is 428 g/mol. The summed E-state index contributed by atoms with van der Waals surface area (Å²) in [5, 5.41) is 30.2. The zero-order valence-electron chi connectivity index (χ0n) is 16.8. The SMILES string of the molecule is CCCCCCCCO[C@H]1O[C@H](CO)[C@@H](O)[C@H](OC(=S)Oc2ccccc2)[C@@H]1O. The van der Waals surface area contributed by atoms with E-state index in [-0.39, 0.29) is 5.24 Å². The lowest BCUT2D eigenvalue weighted by Crippen LogP contribution is -2.60. The van der Waals surface area contributed by atoms with E-state index < -0.39 is 37.3 Å². The lowest BCUT2D eigenvalue weighted by molar-refractivity contribution is -0.299. The van der Waals surface area contributed by atoms with Crippen LogP contribution in [-0.2, 0) is 14.2 Å². The number of para-hydroxylation sites is 1. The third-order valence-electron chi connectivity index (χ3n) is 4.78. The molecule has 0 bridgehead atoms. The van der Waals surface area contributed by atoms with Gasteiger partial charge in [0.1, 0.15) is 24.1 Å². The largest absolute Gasteiger partial charge is 0.447 e. The molecule has 0 spiro atoms. The third-order valence-corrected chi connectivity index (χ3v) is 4.96. The number of aliphatic hydroxyl groups excluding tert-OH is 3. The highest BCUT2D eigenvalue weighted by Crippen LogP contribution is 2.25. The van der Waals surface area contributed by atoms with Crippen LogP contribution in [0.1, 0.15) is 45.4 Å². The van der Waals surface area contributed by atoms with E-state index >= 15 is 0 Å². The Hall–Kier alpha value is -1.29. The van der Waals surface area contributed by atoms with Gasteiger partial charge in [-0.2, -0.15) is 0 Å². The quantitative estimate of drug-likeness (QED) is 0.365. The van der Waals surface area contributed by atoms with Gasteiger partial charge in [0.25, 0.3) is 0 Å². The molecule has 0 amide bonds. The van der Waals surface area contributed by atoms with E-state index in [1.165, 1.54) is 19.3 Å². The summed E-state index contributed by atoms with van der Waals surface area (Å²) in [6.45, 7) is 2.13. The minimum absolute atomic E-state index is 0.243. The van der Waals surface area contributed by atoms with Gasteiger partial charge in [0, 0.05) is 18.8 Å². The van der Waals surface area contributed by atoms with E-state index in [1.54, 1.807) is 24.3 Å². The van der Waals surface area contributed by atoms with Crippen molar-refractivity contribution >= 4 is 17.5 Å². The molecule has 8 heteroatoms.